The van der Waals surface area contributed by atoms with Crippen LogP contribution in [0.2, 0.25) is 0 Å². The number of rotatable bonds is 4. The molecule has 1 rings (SSSR count). The van der Waals surface area contributed by atoms with Crippen molar-refractivity contribution in [3.8, 4) is 5.75 Å². The summed E-state index contributed by atoms with van der Waals surface area (Å²) in [4.78, 5) is 0. The topological polar surface area (TPSA) is 21.3 Å². The first-order chi connectivity index (χ1) is 6.24. The molecule has 0 aromatic heterocycles. The number of nitrogens with one attached hydrogen (secondary N) is 1. The van der Waals surface area contributed by atoms with Gasteiger partial charge in [0.05, 0.1) is 19.3 Å². The third-order valence-corrected chi connectivity index (χ3v) is 1.55. The fourth-order valence-corrected chi connectivity index (χ4v) is 0.978. The average molecular weight is 187 g/mol. The van der Waals surface area contributed by atoms with Crippen LogP contribution in [0.1, 0.15) is 0 Å². The normalized spacial score (nSPS) is 10.2. The van der Waals surface area contributed by atoms with Crippen molar-refractivity contribution < 1.29 is 13.5 Å². The molecule has 0 aliphatic heterocycles. The smallest absolute Gasteiger partial charge is 0.255 e. The number of alkyl halides is 2. The van der Waals surface area contributed by atoms with E-state index in [0.29, 0.717) is 11.4 Å². The van der Waals surface area contributed by atoms with Gasteiger partial charge in [0.1, 0.15) is 5.75 Å². The lowest BCUT2D eigenvalue weighted by atomic mass is 10.3. The second-order valence-electron chi connectivity index (χ2n) is 2.47. The van der Waals surface area contributed by atoms with Crippen LogP contribution in [0.5, 0.6) is 5.75 Å². The third-order valence-electron chi connectivity index (χ3n) is 1.55. The van der Waals surface area contributed by atoms with Gasteiger partial charge in [0.2, 0.25) is 0 Å². The molecule has 0 fully saturated rings. The zero-order valence-electron chi connectivity index (χ0n) is 7.26. The number of para-hydroxylation sites is 2. The molecule has 0 spiro atoms. The Hall–Kier alpha value is -1.32. The van der Waals surface area contributed by atoms with Gasteiger partial charge in [-0.15, -0.1) is 0 Å². The number of ether oxygens (including phenoxy) is 1. The van der Waals surface area contributed by atoms with E-state index in [1.54, 1.807) is 24.3 Å². The van der Waals surface area contributed by atoms with Gasteiger partial charge in [-0.3, -0.25) is 0 Å². The number of benzene rings is 1. The Morgan fingerprint density at radius 3 is 2.69 bits per heavy atom. The second-order valence-corrected chi connectivity index (χ2v) is 2.47. The molecular formula is C9H11F2NO. The molecule has 4 heteroatoms. The number of halogens is 2. The Bertz CT molecular complexity index is 266. The van der Waals surface area contributed by atoms with Crippen LogP contribution in [0.25, 0.3) is 0 Å². The number of hydrogen-bond donors (Lipinski definition) is 1. The number of anilines is 1. The summed E-state index contributed by atoms with van der Waals surface area (Å²) in [6, 6.07) is 6.96. The summed E-state index contributed by atoms with van der Waals surface area (Å²) in [7, 11) is 1.50. The van der Waals surface area contributed by atoms with Gasteiger partial charge < -0.3 is 10.1 Å². The summed E-state index contributed by atoms with van der Waals surface area (Å²) in [5.41, 5.74) is 0.588. The van der Waals surface area contributed by atoms with Crippen molar-refractivity contribution in [1.82, 2.24) is 0 Å². The average Bonchev–Trinajstić information content (AvgIpc) is 2.15. The van der Waals surface area contributed by atoms with Crippen molar-refractivity contribution in [2.24, 2.45) is 0 Å². The molecule has 72 valence electrons. The van der Waals surface area contributed by atoms with Crippen molar-refractivity contribution in [3.63, 3.8) is 0 Å². The lowest BCUT2D eigenvalue weighted by molar-refractivity contribution is 0.163. The lowest BCUT2D eigenvalue weighted by Crippen LogP contribution is -2.10. The summed E-state index contributed by atoms with van der Waals surface area (Å²) >= 11 is 0. The van der Waals surface area contributed by atoms with Crippen molar-refractivity contribution >= 4 is 5.69 Å². The predicted molar refractivity (Wildman–Crippen MR) is 47.5 cm³/mol. The maximum absolute atomic E-state index is 11.9. The SMILES string of the molecule is COc1ccccc1NCC(F)F. The summed E-state index contributed by atoms with van der Waals surface area (Å²) in [5, 5.41) is 2.59. The largest absolute Gasteiger partial charge is 0.495 e. The van der Waals surface area contributed by atoms with Gasteiger partial charge in [0.25, 0.3) is 6.43 Å². The molecule has 2 nitrogen and oxygen atoms in total. The zero-order valence-corrected chi connectivity index (χ0v) is 7.26. The summed E-state index contributed by atoms with van der Waals surface area (Å²) in [6.07, 6.45) is -2.36. The monoisotopic (exact) mass is 187 g/mol. The molecule has 1 aromatic carbocycles. The van der Waals surface area contributed by atoms with Gasteiger partial charge in [-0.25, -0.2) is 8.78 Å². The summed E-state index contributed by atoms with van der Waals surface area (Å²) in [5.74, 6) is 0.572. The molecule has 0 aliphatic carbocycles. The van der Waals surface area contributed by atoms with E-state index in [1.807, 2.05) is 0 Å². The fraction of sp³-hybridized carbons (Fsp3) is 0.333. The first-order valence-electron chi connectivity index (χ1n) is 3.89. The van der Waals surface area contributed by atoms with Crippen molar-refractivity contribution in [1.29, 1.82) is 0 Å². The van der Waals surface area contributed by atoms with E-state index in [4.69, 9.17) is 4.74 Å². The Kier molecular flexibility index (Phi) is 3.49. The third kappa shape index (κ3) is 2.89. The van der Waals surface area contributed by atoms with Gasteiger partial charge in [-0.1, -0.05) is 12.1 Å². The molecule has 1 N–H and O–H groups in total. The quantitative estimate of drug-likeness (QED) is 0.781. The maximum atomic E-state index is 11.9. The van der Waals surface area contributed by atoms with Crippen LogP contribution in [-0.2, 0) is 0 Å². The van der Waals surface area contributed by atoms with E-state index in [-0.39, 0.29) is 6.54 Å². The molecule has 0 saturated heterocycles. The molecule has 13 heavy (non-hydrogen) atoms. The van der Waals surface area contributed by atoms with Crippen LogP contribution in [0.3, 0.4) is 0 Å². The van der Waals surface area contributed by atoms with Gasteiger partial charge in [0.15, 0.2) is 0 Å². The van der Waals surface area contributed by atoms with E-state index in [0.717, 1.165) is 0 Å². The van der Waals surface area contributed by atoms with Crippen molar-refractivity contribution in [2.45, 2.75) is 6.43 Å². The first-order valence-corrected chi connectivity index (χ1v) is 3.89. The highest BCUT2D eigenvalue weighted by atomic mass is 19.3. The minimum Gasteiger partial charge on any atom is -0.495 e. The highest BCUT2D eigenvalue weighted by Gasteiger charge is 2.04. The molecular weight excluding hydrogens is 176 g/mol. The van der Waals surface area contributed by atoms with E-state index in [9.17, 15) is 8.78 Å². The Balaban J connectivity index is 2.64. The van der Waals surface area contributed by atoms with Crippen molar-refractivity contribution in [2.75, 3.05) is 19.0 Å². The predicted octanol–water partition coefficient (Wildman–Crippen LogP) is 2.37. The van der Waals surface area contributed by atoms with E-state index in [2.05, 4.69) is 5.32 Å². The first kappa shape index (κ1) is 9.77. The lowest BCUT2D eigenvalue weighted by Gasteiger charge is -2.09. The summed E-state index contributed by atoms with van der Waals surface area (Å²) in [6.45, 7) is -0.361. The van der Waals surface area contributed by atoms with Crippen LogP contribution in [0.4, 0.5) is 14.5 Å². The second kappa shape index (κ2) is 4.64. The minimum atomic E-state index is -2.36. The van der Waals surface area contributed by atoms with Crippen LogP contribution >= 0.6 is 0 Å². The maximum Gasteiger partial charge on any atom is 0.255 e. The van der Waals surface area contributed by atoms with E-state index in [1.165, 1.54) is 7.11 Å². The van der Waals surface area contributed by atoms with Crippen LogP contribution in [0.15, 0.2) is 24.3 Å². The van der Waals surface area contributed by atoms with Crippen molar-refractivity contribution in [3.05, 3.63) is 24.3 Å². The summed E-state index contributed by atoms with van der Waals surface area (Å²) < 4.78 is 28.7. The standard InChI is InChI=1S/C9H11F2NO/c1-13-8-5-3-2-4-7(8)12-6-9(10)11/h2-5,9,12H,6H2,1H3. The molecule has 0 atom stereocenters. The molecule has 0 heterocycles. The van der Waals surface area contributed by atoms with Crippen LogP contribution in [-0.4, -0.2) is 20.1 Å². The van der Waals surface area contributed by atoms with Gasteiger partial charge in [0, 0.05) is 0 Å². The molecule has 0 unspecified atom stereocenters. The van der Waals surface area contributed by atoms with Gasteiger partial charge >= 0.3 is 0 Å². The Labute approximate surface area is 75.5 Å². The molecule has 0 saturated carbocycles. The number of methoxy groups -OCH3 is 1. The molecule has 1 aromatic rings. The van der Waals surface area contributed by atoms with Gasteiger partial charge in [-0.2, -0.15) is 0 Å². The van der Waals surface area contributed by atoms with E-state index < -0.39 is 6.43 Å². The molecule has 0 amide bonds. The Morgan fingerprint density at radius 1 is 1.38 bits per heavy atom. The van der Waals surface area contributed by atoms with Crippen LogP contribution in [0, 0.1) is 0 Å². The molecule has 0 aliphatic rings. The highest BCUT2D eigenvalue weighted by molar-refractivity contribution is 5.56. The van der Waals surface area contributed by atoms with Gasteiger partial charge in [-0.05, 0) is 12.1 Å². The molecule has 0 radical (unpaired) electrons. The molecule has 0 bridgehead atoms. The minimum absolute atomic E-state index is 0.361. The van der Waals surface area contributed by atoms with E-state index >= 15 is 0 Å². The zero-order chi connectivity index (χ0) is 9.68. The Morgan fingerprint density at radius 2 is 2.08 bits per heavy atom. The number of hydrogen-bond acceptors (Lipinski definition) is 2. The highest BCUT2D eigenvalue weighted by Crippen LogP contribution is 2.22. The van der Waals surface area contributed by atoms with Crippen LogP contribution < -0.4 is 10.1 Å². The fourth-order valence-electron chi connectivity index (χ4n) is 0.978.